The number of unbranched alkanes of at least 4 members (excludes halogenated alkanes) is 4. The van der Waals surface area contributed by atoms with E-state index in [9.17, 15) is 5.11 Å². The average molecular weight is 462 g/mol. The van der Waals surface area contributed by atoms with Gasteiger partial charge in [-0.05, 0) is 68.2 Å². The zero-order valence-corrected chi connectivity index (χ0v) is 23.6. The Kier molecular flexibility index (Phi) is 16.8. The number of nitrogens with zero attached hydrogens (tertiary/aromatic N) is 3. The standard InChI is InChI=1S/C23H50N3.C6H6O/c1-11-13-15-17-24(18-16-14-12-2)23(25(19(3)4)20(5)6)26(21(7)8)22(9)10;7-6-4-2-1-3-5-6/h19-22H,11-18H2,1-10H3;1-5,7H/q+1;/p-1. The van der Waals surface area contributed by atoms with Gasteiger partial charge in [-0.3, -0.25) is 14.4 Å². The van der Waals surface area contributed by atoms with Crippen LogP contribution in [0.15, 0.2) is 30.3 Å². The van der Waals surface area contributed by atoms with E-state index in [4.69, 9.17) is 0 Å². The second-order valence-corrected chi connectivity index (χ2v) is 10.2. The largest absolute Gasteiger partial charge is 0.872 e. The molecule has 0 N–H and O–H groups in total. The van der Waals surface area contributed by atoms with E-state index in [1.807, 2.05) is 6.07 Å². The Morgan fingerprint density at radius 3 is 1.27 bits per heavy atom. The minimum absolute atomic E-state index is 0.0718. The molecule has 0 unspecified atom stereocenters. The Morgan fingerprint density at radius 2 is 1.03 bits per heavy atom. The van der Waals surface area contributed by atoms with Gasteiger partial charge in [0.25, 0.3) is 0 Å². The van der Waals surface area contributed by atoms with Crippen molar-refractivity contribution in [2.45, 2.75) is 132 Å². The van der Waals surface area contributed by atoms with Crippen molar-refractivity contribution in [3.63, 3.8) is 0 Å². The molecule has 1 aromatic rings. The molecular weight excluding hydrogens is 406 g/mol. The molecule has 0 aromatic heterocycles. The van der Waals surface area contributed by atoms with Crippen LogP contribution in [0.3, 0.4) is 0 Å². The van der Waals surface area contributed by atoms with Gasteiger partial charge in [0, 0.05) is 0 Å². The van der Waals surface area contributed by atoms with E-state index >= 15 is 0 Å². The van der Waals surface area contributed by atoms with E-state index < -0.39 is 0 Å². The van der Waals surface area contributed by atoms with Crippen LogP contribution in [0.4, 0.5) is 0 Å². The van der Waals surface area contributed by atoms with E-state index in [0.29, 0.717) is 24.2 Å². The molecule has 0 bridgehead atoms. The van der Waals surface area contributed by atoms with Crippen LogP contribution in [0.1, 0.15) is 108 Å². The lowest BCUT2D eigenvalue weighted by atomic mass is 10.1. The van der Waals surface area contributed by atoms with Gasteiger partial charge in [-0.15, -0.1) is 5.75 Å². The minimum Gasteiger partial charge on any atom is -0.872 e. The predicted octanol–water partition coefficient (Wildman–Crippen LogP) is 6.73. The van der Waals surface area contributed by atoms with E-state index in [1.54, 1.807) is 12.1 Å². The van der Waals surface area contributed by atoms with Crippen molar-refractivity contribution in [1.29, 1.82) is 0 Å². The molecule has 0 fully saturated rings. The predicted molar refractivity (Wildman–Crippen MR) is 144 cm³/mol. The van der Waals surface area contributed by atoms with Crippen LogP contribution < -0.4 is 5.11 Å². The zero-order valence-electron chi connectivity index (χ0n) is 23.6. The van der Waals surface area contributed by atoms with Gasteiger partial charge in [-0.1, -0.05) is 69.9 Å². The number of guanidine groups is 1. The van der Waals surface area contributed by atoms with Gasteiger partial charge >= 0.3 is 5.96 Å². The van der Waals surface area contributed by atoms with E-state index in [-0.39, 0.29) is 5.75 Å². The van der Waals surface area contributed by atoms with Crippen LogP contribution in [-0.4, -0.2) is 57.6 Å². The molecule has 0 spiro atoms. The summed E-state index contributed by atoms with van der Waals surface area (Å²) >= 11 is 0. The lowest BCUT2D eigenvalue weighted by Gasteiger charge is -2.38. The maximum absolute atomic E-state index is 10.3. The van der Waals surface area contributed by atoms with E-state index in [1.165, 1.54) is 69.7 Å². The third-order valence-electron chi connectivity index (χ3n) is 5.78. The van der Waals surface area contributed by atoms with E-state index in [0.717, 1.165) is 0 Å². The molecule has 1 rings (SSSR count). The number of hydrogen-bond donors (Lipinski definition) is 0. The first kappa shape index (κ1) is 31.3. The van der Waals surface area contributed by atoms with Gasteiger partial charge in [0.05, 0.1) is 37.3 Å². The lowest BCUT2D eigenvalue weighted by Crippen LogP contribution is -2.58. The molecule has 0 aliphatic heterocycles. The Hall–Kier alpha value is -1.71. The first-order chi connectivity index (χ1) is 15.6. The molecule has 0 saturated carbocycles. The summed E-state index contributed by atoms with van der Waals surface area (Å²) in [4.78, 5) is 5.30. The molecule has 0 amide bonds. The smallest absolute Gasteiger partial charge is 0.351 e. The highest BCUT2D eigenvalue weighted by Crippen LogP contribution is 2.17. The van der Waals surface area contributed by atoms with Crippen LogP contribution in [0.25, 0.3) is 0 Å². The molecule has 192 valence electrons. The lowest BCUT2D eigenvalue weighted by molar-refractivity contribution is -0.540. The molecule has 0 aliphatic rings. The highest BCUT2D eigenvalue weighted by molar-refractivity contribution is 5.76. The summed E-state index contributed by atoms with van der Waals surface area (Å²) in [6.45, 7) is 25.7. The van der Waals surface area contributed by atoms with Crippen molar-refractivity contribution >= 4 is 5.96 Å². The molecule has 4 heteroatoms. The average Bonchev–Trinajstić information content (AvgIpc) is 2.72. The number of hydrogen-bond acceptors (Lipinski definition) is 1. The van der Waals surface area contributed by atoms with Crippen LogP contribution >= 0.6 is 0 Å². The Labute approximate surface area is 206 Å². The minimum atomic E-state index is 0.0718. The summed E-state index contributed by atoms with van der Waals surface area (Å²) in [7, 11) is 0. The highest BCUT2D eigenvalue weighted by Gasteiger charge is 2.36. The topological polar surface area (TPSA) is 32.5 Å². The normalized spacial score (nSPS) is 11.1. The van der Waals surface area contributed by atoms with Crippen LogP contribution in [0.5, 0.6) is 5.75 Å². The molecule has 1 aromatic carbocycles. The van der Waals surface area contributed by atoms with Crippen molar-refractivity contribution in [3.8, 4) is 5.75 Å². The number of rotatable bonds is 12. The van der Waals surface area contributed by atoms with Crippen LogP contribution in [-0.2, 0) is 0 Å². The van der Waals surface area contributed by atoms with Gasteiger partial charge in [-0.25, -0.2) is 0 Å². The van der Waals surface area contributed by atoms with Gasteiger partial charge in [0.15, 0.2) is 0 Å². The monoisotopic (exact) mass is 461 g/mol. The Morgan fingerprint density at radius 1 is 0.667 bits per heavy atom. The Balaban J connectivity index is 0.00000123. The molecular formula is C29H55N3O. The highest BCUT2D eigenvalue weighted by atomic mass is 16.3. The summed E-state index contributed by atoms with van der Waals surface area (Å²) in [5.74, 6) is 1.54. The van der Waals surface area contributed by atoms with Crippen molar-refractivity contribution in [2.24, 2.45) is 0 Å². The SMILES string of the molecule is CCCCC[N+](CCCCC)=C(N(C(C)C)C(C)C)N(C(C)C)C(C)C.[O-]c1ccccc1. The fourth-order valence-electron chi connectivity index (χ4n) is 4.41. The van der Waals surface area contributed by atoms with Gasteiger partial charge < -0.3 is 5.11 Å². The molecule has 0 radical (unpaired) electrons. The third-order valence-corrected chi connectivity index (χ3v) is 5.78. The van der Waals surface area contributed by atoms with Crippen molar-refractivity contribution < 1.29 is 9.68 Å². The van der Waals surface area contributed by atoms with Crippen molar-refractivity contribution in [2.75, 3.05) is 13.1 Å². The third kappa shape index (κ3) is 12.4. The van der Waals surface area contributed by atoms with Gasteiger partial charge in [0.2, 0.25) is 0 Å². The fraction of sp³-hybridized carbons (Fsp3) is 0.759. The first-order valence-electron chi connectivity index (χ1n) is 13.5. The molecule has 0 atom stereocenters. The van der Waals surface area contributed by atoms with Crippen LogP contribution in [0, 0.1) is 0 Å². The number of para-hydroxylation sites is 1. The summed E-state index contributed by atoms with van der Waals surface area (Å²) in [6.07, 6.45) is 7.80. The van der Waals surface area contributed by atoms with Crippen molar-refractivity contribution in [3.05, 3.63) is 30.3 Å². The zero-order chi connectivity index (χ0) is 25.4. The fourth-order valence-corrected chi connectivity index (χ4v) is 4.41. The quantitative estimate of drug-likeness (QED) is 0.150. The van der Waals surface area contributed by atoms with Gasteiger partial charge in [-0.2, -0.15) is 0 Å². The summed E-state index contributed by atoms with van der Waals surface area (Å²) in [6, 6.07) is 10.3. The van der Waals surface area contributed by atoms with Crippen molar-refractivity contribution in [1.82, 2.24) is 9.80 Å². The summed E-state index contributed by atoms with van der Waals surface area (Å²) < 4.78 is 2.71. The van der Waals surface area contributed by atoms with Crippen LogP contribution in [0.2, 0.25) is 0 Å². The second kappa shape index (κ2) is 17.7. The Bertz CT molecular complexity index is 573. The molecule has 4 nitrogen and oxygen atoms in total. The number of benzene rings is 1. The van der Waals surface area contributed by atoms with Gasteiger partial charge in [0.1, 0.15) is 0 Å². The summed E-state index contributed by atoms with van der Waals surface area (Å²) in [5.41, 5.74) is 0. The maximum Gasteiger partial charge on any atom is 0.351 e. The maximum atomic E-state index is 10.3. The second-order valence-electron chi connectivity index (χ2n) is 10.2. The first-order valence-corrected chi connectivity index (χ1v) is 13.5. The molecule has 0 aliphatic carbocycles. The molecule has 33 heavy (non-hydrogen) atoms. The molecule has 0 heterocycles. The molecule has 0 saturated heterocycles. The summed E-state index contributed by atoms with van der Waals surface area (Å²) in [5, 5.41) is 10.3. The van der Waals surface area contributed by atoms with E-state index in [2.05, 4.69) is 83.6 Å².